The van der Waals surface area contributed by atoms with Crippen molar-refractivity contribution >= 4 is 45.7 Å². The minimum atomic E-state index is -0.159. The van der Waals surface area contributed by atoms with E-state index >= 15 is 0 Å². The lowest BCUT2D eigenvalue weighted by atomic mass is 10.1. The van der Waals surface area contributed by atoms with Crippen LogP contribution in [0.15, 0.2) is 59.9 Å². The minimum Gasteiger partial charge on any atom is -0.301 e. The fourth-order valence-electron chi connectivity index (χ4n) is 2.84. The zero-order valence-corrected chi connectivity index (χ0v) is 19.0. The van der Waals surface area contributed by atoms with Gasteiger partial charge in [0.1, 0.15) is 0 Å². The van der Waals surface area contributed by atoms with Gasteiger partial charge in [0.2, 0.25) is 11.1 Å². The van der Waals surface area contributed by atoms with Gasteiger partial charge in [-0.15, -0.1) is 16.4 Å². The molecular weight excluding hydrogens is 452 g/mol. The first-order valence-corrected chi connectivity index (χ1v) is 11.8. The number of amides is 1. The summed E-state index contributed by atoms with van der Waals surface area (Å²) in [5, 5.41) is 16.5. The summed E-state index contributed by atoms with van der Waals surface area (Å²) in [6.45, 7) is 2.11. The van der Waals surface area contributed by atoms with Crippen molar-refractivity contribution < 1.29 is 4.79 Å². The highest BCUT2D eigenvalue weighted by molar-refractivity contribution is 7.99. The van der Waals surface area contributed by atoms with E-state index in [-0.39, 0.29) is 11.7 Å². The van der Waals surface area contributed by atoms with Crippen molar-refractivity contribution in [3.05, 3.63) is 75.8 Å². The molecule has 2 aromatic heterocycles. The zero-order valence-electron chi connectivity index (χ0n) is 16.7. The number of thioether (sulfide) groups is 1. The van der Waals surface area contributed by atoms with Gasteiger partial charge in [-0.3, -0.25) is 4.79 Å². The second kappa shape index (κ2) is 10.0. The average molecular weight is 471 g/mol. The second-order valence-electron chi connectivity index (χ2n) is 6.67. The van der Waals surface area contributed by atoms with E-state index in [0.717, 1.165) is 29.0 Å². The summed E-state index contributed by atoms with van der Waals surface area (Å²) in [4.78, 5) is 17.7. The number of nitrogens with one attached hydrogen (secondary N) is 1. The first-order chi connectivity index (χ1) is 15.1. The predicted molar refractivity (Wildman–Crippen MR) is 124 cm³/mol. The highest BCUT2D eigenvalue weighted by Gasteiger charge is 2.13. The van der Waals surface area contributed by atoms with Gasteiger partial charge in [-0.05, 0) is 52.2 Å². The SMILES string of the molecule is CCc1ccc(-n2nnnc2SCC(=O)Nc2ncc(Cc3ccc(Cl)cc3)s2)cc1. The topological polar surface area (TPSA) is 85.6 Å². The molecule has 31 heavy (non-hydrogen) atoms. The number of carbonyl (C=O) groups excluding carboxylic acids is 1. The molecule has 0 fully saturated rings. The number of aromatic nitrogens is 5. The Morgan fingerprint density at radius 1 is 1.13 bits per heavy atom. The van der Waals surface area contributed by atoms with Crippen LogP contribution in [-0.4, -0.2) is 36.9 Å². The van der Waals surface area contributed by atoms with Crippen molar-refractivity contribution in [1.29, 1.82) is 0 Å². The van der Waals surface area contributed by atoms with Crippen molar-refractivity contribution in [2.45, 2.75) is 24.9 Å². The van der Waals surface area contributed by atoms with E-state index in [1.807, 2.05) is 48.5 Å². The molecule has 158 valence electrons. The quantitative estimate of drug-likeness (QED) is 0.377. The van der Waals surface area contributed by atoms with Crippen LogP contribution in [0.4, 0.5) is 5.13 Å². The molecular formula is C21H19ClN6OS2. The molecule has 0 radical (unpaired) electrons. The maximum atomic E-state index is 12.4. The van der Waals surface area contributed by atoms with Crippen molar-refractivity contribution in [2.75, 3.05) is 11.1 Å². The van der Waals surface area contributed by atoms with Gasteiger partial charge in [-0.1, -0.05) is 54.6 Å². The lowest BCUT2D eigenvalue weighted by molar-refractivity contribution is -0.113. The van der Waals surface area contributed by atoms with E-state index in [4.69, 9.17) is 11.6 Å². The van der Waals surface area contributed by atoms with Crippen LogP contribution in [-0.2, 0) is 17.6 Å². The van der Waals surface area contributed by atoms with Gasteiger partial charge in [0.05, 0.1) is 11.4 Å². The number of tetrazole rings is 1. The molecule has 0 spiro atoms. The third kappa shape index (κ3) is 5.69. The van der Waals surface area contributed by atoms with Crippen molar-refractivity contribution in [3.8, 4) is 5.69 Å². The molecule has 0 aliphatic carbocycles. The first-order valence-electron chi connectivity index (χ1n) is 9.60. The van der Waals surface area contributed by atoms with Crippen LogP contribution >= 0.6 is 34.7 Å². The normalized spacial score (nSPS) is 10.9. The standard InChI is InChI=1S/C21H19ClN6OS2/c1-2-14-5-9-17(10-6-14)28-21(25-26-27-28)30-13-19(29)24-20-23-12-18(31-20)11-15-3-7-16(22)8-4-15/h3-10,12H,2,11,13H2,1H3,(H,23,24,29). The van der Waals surface area contributed by atoms with Crippen LogP contribution in [0.1, 0.15) is 22.9 Å². The minimum absolute atomic E-state index is 0.159. The fourth-order valence-corrected chi connectivity index (χ4v) is 4.52. The average Bonchev–Trinajstić information content (AvgIpc) is 3.43. The number of anilines is 1. The maximum Gasteiger partial charge on any atom is 0.236 e. The second-order valence-corrected chi connectivity index (χ2v) is 9.16. The van der Waals surface area contributed by atoms with Crippen LogP contribution in [0.25, 0.3) is 5.69 Å². The van der Waals surface area contributed by atoms with Crippen LogP contribution in [0, 0.1) is 0 Å². The molecule has 4 rings (SSSR count). The monoisotopic (exact) mass is 470 g/mol. The lowest BCUT2D eigenvalue weighted by Crippen LogP contribution is -2.14. The Hall–Kier alpha value is -2.75. The third-order valence-electron chi connectivity index (χ3n) is 4.45. The molecule has 0 aliphatic rings. The van der Waals surface area contributed by atoms with Crippen molar-refractivity contribution in [2.24, 2.45) is 0 Å². The van der Waals surface area contributed by atoms with E-state index in [9.17, 15) is 4.79 Å². The molecule has 7 nitrogen and oxygen atoms in total. The van der Waals surface area contributed by atoms with E-state index in [0.29, 0.717) is 15.3 Å². The Morgan fingerprint density at radius 2 is 1.87 bits per heavy atom. The van der Waals surface area contributed by atoms with Crippen molar-refractivity contribution in [1.82, 2.24) is 25.2 Å². The molecule has 1 N–H and O–H groups in total. The largest absolute Gasteiger partial charge is 0.301 e. The van der Waals surface area contributed by atoms with E-state index in [1.54, 1.807) is 10.9 Å². The molecule has 1 amide bonds. The zero-order chi connectivity index (χ0) is 21.6. The Balaban J connectivity index is 1.32. The fraction of sp³-hybridized carbons (Fsp3) is 0.190. The summed E-state index contributed by atoms with van der Waals surface area (Å²) in [7, 11) is 0. The maximum absolute atomic E-state index is 12.4. The third-order valence-corrected chi connectivity index (χ3v) is 6.54. The Morgan fingerprint density at radius 3 is 2.61 bits per heavy atom. The van der Waals surface area contributed by atoms with Gasteiger partial charge in [-0.2, -0.15) is 4.68 Å². The summed E-state index contributed by atoms with van der Waals surface area (Å²) in [5.41, 5.74) is 3.24. The molecule has 2 heterocycles. The van der Waals surface area contributed by atoms with E-state index in [1.165, 1.54) is 28.7 Å². The number of hydrogen-bond donors (Lipinski definition) is 1. The smallest absolute Gasteiger partial charge is 0.236 e. The summed E-state index contributed by atoms with van der Waals surface area (Å²) >= 11 is 8.66. The highest BCUT2D eigenvalue weighted by Crippen LogP contribution is 2.23. The van der Waals surface area contributed by atoms with Crippen LogP contribution in [0.5, 0.6) is 0 Å². The number of rotatable bonds is 8. The number of halogens is 1. The first kappa shape index (κ1) is 21.5. The lowest BCUT2D eigenvalue weighted by Gasteiger charge is -2.05. The Bertz CT molecular complexity index is 1160. The number of nitrogens with zero attached hydrogens (tertiary/aromatic N) is 5. The van der Waals surface area contributed by atoms with E-state index in [2.05, 4.69) is 32.7 Å². The number of benzene rings is 2. The Kier molecular flexibility index (Phi) is 6.96. The molecule has 0 saturated carbocycles. The van der Waals surface area contributed by atoms with Gasteiger partial charge in [0.25, 0.3) is 0 Å². The number of hydrogen-bond acceptors (Lipinski definition) is 7. The summed E-state index contributed by atoms with van der Waals surface area (Å²) in [6, 6.07) is 15.7. The molecule has 4 aromatic rings. The summed E-state index contributed by atoms with van der Waals surface area (Å²) in [6.07, 6.45) is 3.49. The van der Waals surface area contributed by atoms with E-state index < -0.39 is 0 Å². The number of thiazole rings is 1. The molecule has 0 saturated heterocycles. The number of carbonyl (C=O) groups is 1. The highest BCUT2D eigenvalue weighted by atomic mass is 35.5. The van der Waals surface area contributed by atoms with Crippen LogP contribution < -0.4 is 5.32 Å². The van der Waals surface area contributed by atoms with Crippen LogP contribution in [0.3, 0.4) is 0 Å². The predicted octanol–water partition coefficient (Wildman–Crippen LogP) is 4.66. The van der Waals surface area contributed by atoms with Gasteiger partial charge in [0, 0.05) is 22.5 Å². The van der Waals surface area contributed by atoms with Gasteiger partial charge in [-0.25, -0.2) is 4.98 Å². The summed E-state index contributed by atoms with van der Waals surface area (Å²) < 4.78 is 1.63. The molecule has 0 bridgehead atoms. The molecule has 0 aliphatic heterocycles. The summed E-state index contributed by atoms with van der Waals surface area (Å²) in [5.74, 6) is 0.0211. The number of aryl methyl sites for hydroxylation is 1. The Labute approximate surface area is 192 Å². The molecule has 0 atom stereocenters. The molecule has 2 aromatic carbocycles. The van der Waals surface area contributed by atoms with Crippen molar-refractivity contribution in [3.63, 3.8) is 0 Å². The van der Waals surface area contributed by atoms with Gasteiger partial charge in [0.15, 0.2) is 5.13 Å². The molecule has 10 heteroatoms. The van der Waals surface area contributed by atoms with Crippen LogP contribution in [0.2, 0.25) is 5.02 Å². The molecule has 0 unspecified atom stereocenters. The van der Waals surface area contributed by atoms with Gasteiger partial charge >= 0.3 is 0 Å². The van der Waals surface area contributed by atoms with Gasteiger partial charge < -0.3 is 5.32 Å².